The molecule has 3 N–H and O–H groups in total. The minimum atomic E-state index is -3.46. The highest BCUT2D eigenvalue weighted by molar-refractivity contribution is 6.53. The molecule has 0 aromatic rings. The SMILES string of the molecule is CCO[Si](OCC(C)O)(OCC(C)O)OCC(C)O. The van der Waals surface area contributed by atoms with Gasteiger partial charge in [-0.25, -0.2) is 0 Å². The van der Waals surface area contributed by atoms with Crippen LogP contribution in [0.5, 0.6) is 0 Å². The number of hydrogen-bond acceptors (Lipinski definition) is 7. The second-order valence-electron chi connectivity index (χ2n) is 4.41. The van der Waals surface area contributed by atoms with Crippen molar-refractivity contribution in [3.8, 4) is 0 Å². The van der Waals surface area contributed by atoms with E-state index in [-0.39, 0.29) is 19.8 Å². The van der Waals surface area contributed by atoms with E-state index in [1.54, 1.807) is 27.7 Å². The average molecular weight is 298 g/mol. The van der Waals surface area contributed by atoms with E-state index < -0.39 is 27.4 Å². The first-order valence-electron chi connectivity index (χ1n) is 6.41. The molecule has 0 bridgehead atoms. The molecule has 0 saturated heterocycles. The largest absolute Gasteiger partial charge is 0.679 e. The first-order valence-corrected chi connectivity index (χ1v) is 8.04. The van der Waals surface area contributed by atoms with Crippen LogP contribution in [0.2, 0.25) is 0 Å². The number of aliphatic hydroxyl groups is 3. The van der Waals surface area contributed by atoms with Gasteiger partial charge in [-0.05, 0) is 27.7 Å². The van der Waals surface area contributed by atoms with Gasteiger partial charge in [0.15, 0.2) is 0 Å². The second-order valence-corrected chi connectivity index (χ2v) is 6.57. The van der Waals surface area contributed by atoms with Crippen molar-refractivity contribution in [1.82, 2.24) is 0 Å². The maximum Gasteiger partial charge on any atom is 0.679 e. The first kappa shape index (κ1) is 18.9. The van der Waals surface area contributed by atoms with Gasteiger partial charge >= 0.3 is 9.05 Å². The van der Waals surface area contributed by atoms with Crippen LogP contribution in [-0.4, -0.2) is 69.1 Å². The molecule has 19 heavy (non-hydrogen) atoms. The zero-order valence-corrected chi connectivity index (χ0v) is 13.0. The Kier molecular flexibility index (Phi) is 9.75. The Balaban J connectivity index is 4.65. The van der Waals surface area contributed by atoms with E-state index in [9.17, 15) is 15.3 Å². The van der Waals surface area contributed by atoms with Gasteiger partial charge in [-0.2, -0.15) is 0 Å². The summed E-state index contributed by atoms with van der Waals surface area (Å²) in [7, 11) is -3.46. The third kappa shape index (κ3) is 9.47. The van der Waals surface area contributed by atoms with Crippen LogP contribution in [0.15, 0.2) is 0 Å². The molecule has 0 heterocycles. The summed E-state index contributed by atoms with van der Waals surface area (Å²) in [5, 5.41) is 27.8. The summed E-state index contributed by atoms with van der Waals surface area (Å²) in [5.74, 6) is 0. The van der Waals surface area contributed by atoms with Crippen LogP contribution in [0.25, 0.3) is 0 Å². The Bertz CT molecular complexity index is 192. The van der Waals surface area contributed by atoms with Crippen molar-refractivity contribution in [2.24, 2.45) is 0 Å². The van der Waals surface area contributed by atoms with Crippen LogP contribution >= 0.6 is 0 Å². The number of rotatable bonds is 11. The molecule has 0 aliphatic heterocycles. The molecule has 0 spiro atoms. The van der Waals surface area contributed by atoms with Gasteiger partial charge in [-0.15, -0.1) is 0 Å². The van der Waals surface area contributed by atoms with Gasteiger partial charge in [0.25, 0.3) is 0 Å². The zero-order valence-electron chi connectivity index (χ0n) is 12.0. The van der Waals surface area contributed by atoms with Crippen molar-refractivity contribution in [2.45, 2.75) is 46.0 Å². The van der Waals surface area contributed by atoms with E-state index in [2.05, 4.69) is 0 Å². The van der Waals surface area contributed by atoms with E-state index in [1.807, 2.05) is 0 Å². The van der Waals surface area contributed by atoms with Gasteiger partial charge in [0.2, 0.25) is 0 Å². The predicted molar refractivity (Wildman–Crippen MR) is 70.3 cm³/mol. The molecule has 3 atom stereocenters. The highest BCUT2D eigenvalue weighted by Gasteiger charge is 2.46. The zero-order chi connectivity index (χ0) is 14.9. The molecule has 0 aliphatic rings. The molecule has 0 rings (SSSR count). The summed E-state index contributed by atoms with van der Waals surface area (Å²) in [4.78, 5) is 0. The lowest BCUT2D eigenvalue weighted by molar-refractivity contribution is -0.0702. The highest BCUT2D eigenvalue weighted by Crippen LogP contribution is 2.14. The lowest BCUT2D eigenvalue weighted by Gasteiger charge is -2.29. The lowest BCUT2D eigenvalue weighted by Crippen LogP contribution is -2.52. The average Bonchev–Trinajstić information content (AvgIpc) is 2.31. The van der Waals surface area contributed by atoms with Crippen molar-refractivity contribution in [1.29, 1.82) is 0 Å². The van der Waals surface area contributed by atoms with Crippen LogP contribution in [0.4, 0.5) is 0 Å². The fraction of sp³-hybridized carbons (Fsp3) is 1.00. The van der Waals surface area contributed by atoms with Crippen LogP contribution in [-0.2, 0) is 17.7 Å². The standard InChI is InChI=1S/C11H26O7Si/c1-5-15-19(16-6-9(2)12,17-7-10(3)13)18-8-11(4)14/h9-14H,5-8H2,1-4H3. The van der Waals surface area contributed by atoms with Crippen LogP contribution < -0.4 is 0 Å². The van der Waals surface area contributed by atoms with Gasteiger partial charge in [0.05, 0.1) is 38.1 Å². The second kappa shape index (κ2) is 9.78. The molecule has 0 aromatic heterocycles. The van der Waals surface area contributed by atoms with Crippen LogP contribution in [0.1, 0.15) is 27.7 Å². The van der Waals surface area contributed by atoms with E-state index in [0.29, 0.717) is 6.61 Å². The predicted octanol–water partition coefficient (Wildman–Crippen LogP) is -0.349. The van der Waals surface area contributed by atoms with Gasteiger partial charge in [0.1, 0.15) is 0 Å². The van der Waals surface area contributed by atoms with Crippen molar-refractivity contribution in [3.63, 3.8) is 0 Å². The molecule has 3 unspecified atom stereocenters. The Morgan fingerprint density at radius 3 is 1.26 bits per heavy atom. The Labute approximate surface area is 115 Å². The molecule has 0 aromatic carbocycles. The van der Waals surface area contributed by atoms with Crippen molar-refractivity contribution in [3.05, 3.63) is 0 Å². The van der Waals surface area contributed by atoms with Crippen LogP contribution in [0, 0.1) is 0 Å². The monoisotopic (exact) mass is 298 g/mol. The van der Waals surface area contributed by atoms with Gasteiger partial charge in [0, 0.05) is 6.61 Å². The minimum Gasteiger partial charge on any atom is -0.391 e. The minimum absolute atomic E-state index is 0.00809. The van der Waals surface area contributed by atoms with Crippen molar-refractivity contribution < 1.29 is 33.0 Å². The summed E-state index contributed by atoms with van der Waals surface area (Å²) >= 11 is 0. The summed E-state index contributed by atoms with van der Waals surface area (Å²) in [5.41, 5.74) is 0. The molecule has 7 nitrogen and oxygen atoms in total. The van der Waals surface area contributed by atoms with Crippen molar-refractivity contribution >= 4 is 9.05 Å². The summed E-state index contributed by atoms with van der Waals surface area (Å²) in [6, 6.07) is 0. The molecular formula is C11H26O7Si. The van der Waals surface area contributed by atoms with E-state index >= 15 is 0 Å². The van der Waals surface area contributed by atoms with Gasteiger partial charge < -0.3 is 33.0 Å². The summed E-state index contributed by atoms with van der Waals surface area (Å²) in [6.07, 6.45) is -2.09. The maximum absolute atomic E-state index is 9.27. The molecule has 0 aliphatic carbocycles. The smallest absolute Gasteiger partial charge is 0.391 e. The third-order valence-corrected chi connectivity index (χ3v) is 4.03. The molecule has 8 heteroatoms. The van der Waals surface area contributed by atoms with Crippen LogP contribution in [0.3, 0.4) is 0 Å². The maximum atomic E-state index is 9.27. The normalized spacial score (nSPS) is 19.7. The molecule has 0 amide bonds. The quantitative estimate of drug-likeness (QED) is 0.449. The molecular weight excluding hydrogens is 272 g/mol. The number of aliphatic hydroxyl groups excluding tert-OH is 3. The third-order valence-electron chi connectivity index (χ3n) is 1.83. The Morgan fingerprint density at radius 1 is 0.737 bits per heavy atom. The van der Waals surface area contributed by atoms with E-state index in [4.69, 9.17) is 17.7 Å². The lowest BCUT2D eigenvalue weighted by atomic mass is 10.5. The molecule has 0 radical (unpaired) electrons. The number of hydrogen-bond donors (Lipinski definition) is 3. The molecule has 0 fully saturated rings. The van der Waals surface area contributed by atoms with E-state index in [0.717, 1.165) is 0 Å². The molecule has 0 saturated carbocycles. The summed E-state index contributed by atoms with van der Waals surface area (Å²) in [6.45, 7) is 6.72. The fourth-order valence-electron chi connectivity index (χ4n) is 1.09. The van der Waals surface area contributed by atoms with Crippen molar-refractivity contribution in [2.75, 3.05) is 26.4 Å². The molecule has 116 valence electrons. The fourth-order valence-corrected chi connectivity index (χ4v) is 3.28. The van der Waals surface area contributed by atoms with Gasteiger partial charge in [-0.1, -0.05) is 0 Å². The Hall–Kier alpha value is -0.0631. The highest BCUT2D eigenvalue weighted by atomic mass is 28.4. The van der Waals surface area contributed by atoms with Gasteiger partial charge in [-0.3, -0.25) is 0 Å². The van der Waals surface area contributed by atoms with E-state index in [1.165, 1.54) is 0 Å². The summed E-state index contributed by atoms with van der Waals surface area (Å²) < 4.78 is 21.7. The Morgan fingerprint density at radius 2 is 1.05 bits per heavy atom. The first-order chi connectivity index (χ1) is 8.81. The topological polar surface area (TPSA) is 97.6 Å².